The summed E-state index contributed by atoms with van der Waals surface area (Å²) in [4.78, 5) is 13.9. The lowest BCUT2D eigenvalue weighted by Gasteiger charge is -2.06. The van der Waals surface area contributed by atoms with Gasteiger partial charge in [0.05, 0.1) is 22.0 Å². The minimum Gasteiger partial charge on any atom is -0.384 e. The van der Waals surface area contributed by atoms with Crippen LogP contribution in [0.1, 0.15) is 20.1 Å². The number of hydrogen-bond donors (Lipinski definition) is 2. The van der Waals surface area contributed by atoms with Crippen molar-refractivity contribution in [3.05, 3.63) is 55.7 Å². The molecule has 2 N–H and O–H groups in total. The second kappa shape index (κ2) is 7.48. The van der Waals surface area contributed by atoms with E-state index in [0.29, 0.717) is 22.2 Å². The number of halogens is 2. The van der Waals surface area contributed by atoms with Gasteiger partial charge in [-0.1, -0.05) is 35.0 Å². The lowest BCUT2D eigenvalue weighted by atomic mass is 10.2. The van der Waals surface area contributed by atoms with Crippen molar-refractivity contribution >= 4 is 40.4 Å². The van der Waals surface area contributed by atoms with Gasteiger partial charge in [-0.05, 0) is 30.3 Å². The number of hydrogen-bond acceptors (Lipinski definition) is 3. The average Bonchev–Trinajstić information content (AvgIpc) is 2.93. The van der Waals surface area contributed by atoms with E-state index in [2.05, 4.69) is 17.2 Å². The lowest BCUT2D eigenvalue weighted by molar-refractivity contribution is 0.0951. The fourth-order valence-corrected chi connectivity index (χ4v) is 2.80. The fourth-order valence-electron chi connectivity index (χ4n) is 1.60. The maximum atomic E-state index is 12.1. The first-order valence-electron chi connectivity index (χ1n) is 6.02. The van der Waals surface area contributed by atoms with Gasteiger partial charge in [0.25, 0.3) is 5.91 Å². The van der Waals surface area contributed by atoms with Gasteiger partial charge < -0.3 is 10.4 Å². The highest BCUT2D eigenvalue weighted by atomic mass is 35.5. The lowest BCUT2D eigenvalue weighted by Crippen LogP contribution is -2.22. The Kier molecular flexibility index (Phi) is 5.66. The molecule has 0 saturated carbocycles. The Morgan fingerprint density at radius 3 is 2.86 bits per heavy atom. The van der Waals surface area contributed by atoms with Crippen LogP contribution in [0.4, 0.5) is 0 Å². The highest BCUT2D eigenvalue weighted by Crippen LogP contribution is 2.21. The second-order valence-corrected chi connectivity index (χ2v) is 6.04. The zero-order valence-electron chi connectivity index (χ0n) is 10.8. The molecule has 1 heterocycles. The molecule has 2 aromatic rings. The fraction of sp³-hybridized carbons (Fsp3) is 0.133. The van der Waals surface area contributed by atoms with E-state index >= 15 is 0 Å². The van der Waals surface area contributed by atoms with Gasteiger partial charge in [0.1, 0.15) is 6.61 Å². The van der Waals surface area contributed by atoms with Gasteiger partial charge in [-0.3, -0.25) is 4.79 Å². The van der Waals surface area contributed by atoms with Gasteiger partial charge in [-0.25, -0.2) is 0 Å². The molecule has 1 aromatic heterocycles. The summed E-state index contributed by atoms with van der Waals surface area (Å²) in [5, 5.41) is 12.2. The monoisotopic (exact) mass is 339 g/mol. The van der Waals surface area contributed by atoms with Crippen molar-refractivity contribution in [1.82, 2.24) is 5.32 Å². The third kappa shape index (κ3) is 4.48. The Hall–Kier alpha value is -1.51. The first kappa shape index (κ1) is 15.9. The second-order valence-electron chi connectivity index (χ2n) is 4.03. The quantitative estimate of drug-likeness (QED) is 0.842. The normalized spacial score (nSPS) is 9.86. The summed E-state index contributed by atoms with van der Waals surface area (Å²) in [7, 11) is 0. The van der Waals surface area contributed by atoms with E-state index in [9.17, 15) is 4.79 Å². The van der Waals surface area contributed by atoms with Crippen LogP contribution in [0.15, 0.2) is 30.3 Å². The molecule has 108 valence electrons. The predicted molar refractivity (Wildman–Crippen MR) is 85.9 cm³/mol. The summed E-state index contributed by atoms with van der Waals surface area (Å²) < 4.78 is 0. The number of aliphatic hydroxyl groups is 1. The summed E-state index contributed by atoms with van der Waals surface area (Å²) >= 11 is 13.3. The first-order valence-corrected chi connectivity index (χ1v) is 7.59. The summed E-state index contributed by atoms with van der Waals surface area (Å²) in [5.41, 5.74) is 0.348. The van der Waals surface area contributed by atoms with Crippen LogP contribution in [0, 0.1) is 11.8 Å². The molecular weight excluding hydrogens is 329 g/mol. The number of carbonyl (C=O) groups excluding carboxylic acids is 1. The maximum Gasteiger partial charge on any atom is 0.253 e. The van der Waals surface area contributed by atoms with Crippen LogP contribution >= 0.6 is 34.5 Å². The van der Waals surface area contributed by atoms with Gasteiger partial charge in [-0.15, -0.1) is 11.3 Å². The molecule has 1 amide bonds. The number of aliphatic hydroxyl groups excluding tert-OH is 1. The molecule has 0 spiro atoms. The Balaban J connectivity index is 2.01. The molecule has 0 radical (unpaired) electrons. The molecule has 2 rings (SSSR count). The minimum absolute atomic E-state index is 0.169. The first-order chi connectivity index (χ1) is 10.1. The SMILES string of the molecule is O=C(NCc1ccc(C#CCO)s1)c1cc(Cl)ccc1Cl. The average molecular weight is 340 g/mol. The summed E-state index contributed by atoms with van der Waals surface area (Å²) in [6.45, 7) is 0.213. The molecule has 21 heavy (non-hydrogen) atoms. The molecule has 0 aliphatic heterocycles. The van der Waals surface area contributed by atoms with Gasteiger partial charge in [0, 0.05) is 9.90 Å². The van der Waals surface area contributed by atoms with Crippen LogP contribution in [0.2, 0.25) is 10.0 Å². The summed E-state index contributed by atoms with van der Waals surface area (Å²) in [5.74, 6) is 5.12. The zero-order valence-corrected chi connectivity index (χ0v) is 13.1. The number of carbonyl (C=O) groups is 1. The number of thiophene rings is 1. The largest absolute Gasteiger partial charge is 0.384 e. The van der Waals surface area contributed by atoms with Crippen molar-refractivity contribution in [3.8, 4) is 11.8 Å². The molecule has 0 unspecified atom stereocenters. The molecule has 0 atom stereocenters. The van der Waals surface area contributed by atoms with Crippen LogP contribution < -0.4 is 5.32 Å². The number of nitrogens with one attached hydrogen (secondary N) is 1. The molecular formula is C15H11Cl2NO2S. The predicted octanol–water partition coefficient (Wildman–Crippen LogP) is 3.33. The summed E-state index contributed by atoms with van der Waals surface area (Å²) in [6, 6.07) is 8.48. The van der Waals surface area contributed by atoms with Gasteiger partial charge in [0.15, 0.2) is 0 Å². The van der Waals surface area contributed by atoms with E-state index in [0.717, 1.165) is 9.75 Å². The van der Waals surface area contributed by atoms with E-state index in [4.69, 9.17) is 28.3 Å². The molecule has 0 saturated heterocycles. The van der Waals surface area contributed by atoms with Crippen molar-refractivity contribution in [2.45, 2.75) is 6.54 Å². The molecule has 0 bridgehead atoms. The van der Waals surface area contributed by atoms with E-state index in [1.807, 2.05) is 12.1 Å². The van der Waals surface area contributed by atoms with Crippen molar-refractivity contribution in [2.75, 3.05) is 6.61 Å². The molecule has 0 aliphatic rings. The third-order valence-electron chi connectivity index (χ3n) is 2.55. The maximum absolute atomic E-state index is 12.1. The highest BCUT2D eigenvalue weighted by Gasteiger charge is 2.11. The molecule has 3 nitrogen and oxygen atoms in total. The van der Waals surface area contributed by atoms with Crippen LogP contribution in [0.5, 0.6) is 0 Å². The Morgan fingerprint density at radius 1 is 1.29 bits per heavy atom. The smallest absolute Gasteiger partial charge is 0.253 e. The molecule has 6 heteroatoms. The molecule has 0 aliphatic carbocycles. The van der Waals surface area contributed by atoms with Crippen molar-refractivity contribution in [1.29, 1.82) is 0 Å². The van der Waals surface area contributed by atoms with E-state index in [1.165, 1.54) is 17.4 Å². The van der Waals surface area contributed by atoms with Gasteiger partial charge in [-0.2, -0.15) is 0 Å². The van der Waals surface area contributed by atoms with Crippen LogP contribution in [0.3, 0.4) is 0 Å². The van der Waals surface area contributed by atoms with Crippen molar-refractivity contribution in [2.24, 2.45) is 0 Å². The zero-order chi connectivity index (χ0) is 15.2. The number of amides is 1. The van der Waals surface area contributed by atoms with Crippen molar-refractivity contribution < 1.29 is 9.90 Å². The number of benzene rings is 1. The van der Waals surface area contributed by atoms with Crippen LogP contribution in [-0.2, 0) is 6.54 Å². The Morgan fingerprint density at radius 2 is 2.10 bits per heavy atom. The van der Waals surface area contributed by atoms with Gasteiger partial charge in [0.2, 0.25) is 0 Å². The Labute approximate surface area is 136 Å². The van der Waals surface area contributed by atoms with Crippen molar-refractivity contribution in [3.63, 3.8) is 0 Å². The van der Waals surface area contributed by atoms with E-state index in [-0.39, 0.29) is 12.5 Å². The van der Waals surface area contributed by atoms with Crippen LogP contribution in [0.25, 0.3) is 0 Å². The topological polar surface area (TPSA) is 49.3 Å². The standard InChI is InChI=1S/C15H11Cl2NO2S/c16-10-3-6-14(17)13(8-10)15(20)18-9-12-5-4-11(21-12)2-1-7-19/h3-6,8,19H,7,9H2,(H,18,20). The third-order valence-corrected chi connectivity index (χ3v) is 4.11. The summed E-state index contributed by atoms with van der Waals surface area (Å²) in [6.07, 6.45) is 0. The minimum atomic E-state index is -0.279. The Bertz CT molecular complexity index is 716. The van der Waals surface area contributed by atoms with Gasteiger partial charge >= 0.3 is 0 Å². The highest BCUT2D eigenvalue weighted by molar-refractivity contribution is 7.12. The molecule has 1 aromatic carbocycles. The number of rotatable bonds is 3. The molecule has 0 fully saturated rings. The van der Waals surface area contributed by atoms with E-state index < -0.39 is 0 Å². The van der Waals surface area contributed by atoms with Crippen LogP contribution in [-0.4, -0.2) is 17.6 Å². The van der Waals surface area contributed by atoms with E-state index in [1.54, 1.807) is 12.1 Å².